The molecule has 112 valence electrons. The van der Waals surface area contributed by atoms with Crippen molar-refractivity contribution in [1.29, 1.82) is 0 Å². The molecule has 0 spiro atoms. The Morgan fingerprint density at radius 2 is 2.00 bits per heavy atom. The second-order valence-electron chi connectivity index (χ2n) is 5.41. The van der Waals surface area contributed by atoms with Gasteiger partial charge < -0.3 is 14.3 Å². The Balaban J connectivity index is 2.51. The van der Waals surface area contributed by atoms with Gasteiger partial charge in [0.2, 0.25) is 0 Å². The Morgan fingerprint density at radius 1 is 1.33 bits per heavy atom. The van der Waals surface area contributed by atoms with Gasteiger partial charge in [-0.25, -0.2) is 0 Å². The summed E-state index contributed by atoms with van der Waals surface area (Å²) in [4.78, 5) is 25.4. The van der Waals surface area contributed by atoms with Crippen molar-refractivity contribution in [1.82, 2.24) is 4.90 Å². The summed E-state index contributed by atoms with van der Waals surface area (Å²) in [7, 11) is 1.55. The molecule has 0 unspecified atom stereocenters. The van der Waals surface area contributed by atoms with Crippen LogP contribution in [0.15, 0.2) is 30.0 Å². The molecule has 0 fully saturated rings. The van der Waals surface area contributed by atoms with Crippen molar-refractivity contribution < 1.29 is 19.1 Å². The molecule has 0 aliphatic carbocycles. The van der Waals surface area contributed by atoms with Crippen molar-refractivity contribution in [3.05, 3.63) is 35.6 Å². The Morgan fingerprint density at radius 3 is 2.62 bits per heavy atom. The highest BCUT2D eigenvalue weighted by atomic mass is 16.5. The first kappa shape index (κ1) is 15.1. The van der Waals surface area contributed by atoms with Gasteiger partial charge in [0.25, 0.3) is 5.91 Å². The highest BCUT2D eigenvalue weighted by Crippen LogP contribution is 2.34. The van der Waals surface area contributed by atoms with E-state index in [1.54, 1.807) is 40.0 Å². The third kappa shape index (κ3) is 2.63. The molecule has 1 aliphatic heterocycles. The van der Waals surface area contributed by atoms with E-state index >= 15 is 0 Å². The van der Waals surface area contributed by atoms with Crippen molar-refractivity contribution in [2.24, 2.45) is 0 Å². The van der Waals surface area contributed by atoms with Crippen LogP contribution in [0.4, 0.5) is 0 Å². The van der Waals surface area contributed by atoms with Crippen LogP contribution in [0.3, 0.4) is 0 Å². The van der Waals surface area contributed by atoms with Gasteiger partial charge in [-0.1, -0.05) is 18.2 Å². The van der Waals surface area contributed by atoms with Crippen LogP contribution in [0.2, 0.25) is 0 Å². The zero-order valence-corrected chi connectivity index (χ0v) is 12.7. The van der Waals surface area contributed by atoms with E-state index in [1.807, 2.05) is 12.1 Å². The molecule has 0 atom stereocenters. The molecular formula is C16H19NO4. The Bertz CT molecular complexity index is 604. The van der Waals surface area contributed by atoms with Crippen LogP contribution in [0.5, 0.6) is 5.75 Å². The summed E-state index contributed by atoms with van der Waals surface area (Å²) in [5.74, 6) is 0.886. The molecular weight excluding hydrogens is 270 g/mol. The smallest absolute Gasteiger partial charge is 0.261 e. The van der Waals surface area contributed by atoms with Crippen LogP contribution in [0.25, 0.3) is 5.57 Å². The summed E-state index contributed by atoms with van der Waals surface area (Å²) in [6, 6.07) is 7.25. The van der Waals surface area contributed by atoms with E-state index in [9.17, 15) is 9.59 Å². The number of benzene rings is 1. The summed E-state index contributed by atoms with van der Waals surface area (Å²) in [6.07, 6.45) is 0.745. The van der Waals surface area contributed by atoms with Crippen molar-refractivity contribution in [2.75, 3.05) is 13.8 Å². The number of hydrogen-bond acceptors (Lipinski definition) is 4. The highest BCUT2D eigenvalue weighted by molar-refractivity contribution is 6.21. The van der Waals surface area contributed by atoms with Gasteiger partial charge in [-0.05, 0) is 26.8 Å². The number of hydrogen-bond donors (Lipinski definition) is 0. The number of carbonyl (C=O) groups excluding carboxylic acids is 2. The number of para-hydroxylation sites is 1. The number of rotatable bonds is 4. The zero-order chi connectivity index (χ0) is 15.6. The van der Waals surface area contributed by atoms with Crippen LogP contribution >= 0.6 is 0 Å². The van der Waals surface area contributed by atoms with E-state index in [1.165, 1.54) is 4.90 Å². The molecule has 0 aromatic heterocycles. The van der Waals surface area contributed by atoms with E-state index in [0.29, 0.717) is 22.6 Å². The van der Waals surface area contributed by atoms with Crippen molar-refractivity contribution in [3.63, 3.8) is 0 Å². The third-order valence-electron chi connectivity index (χ3n) is 3.58. The number of nitrogens with zero attached hydrogens (tertiary/aromatic N) is 1. The molecule has 0 saturated heterocycles. The van der Waals surface area contributed by atoms with Crippen LogP contribution in [0.1, 0.15) is 26.3 Å². The van der Waals surface area contributed by atoms with E-state index in [4.69, 9.17) is 9.47 Å². The predicted octanol–water partition coefficient (Wildman–Crippen LogP) is 2.22. The maximum Gasteiger partial charge on any atom is 0.261 e. The number of methoxy groups -OCH3 is 1. The van der Waals surface area contributed by atoms with Gasteiger partial charge >= 0.3 is 0 Å². The molecule has 1 aliphatic rings. The van der Waals surface area contributed by atoms with Crippen molar-refractivity contribution in [2.45, 2.75) is 26.3 Å². The number of aldehydes is 1. The fraction of sp³-hybridized carbons (Fsp3) is 0.375. The predicted molar refractivity (Wildman–Crippen MR) is 78.5 cm³/mol. The van der Waals surface area contributed by atoms with Gasteiger partial charge in [-0.15, -0.1) is 0 Å². The highest BCUT2D eigenvalue weighted by Gasteiger charge is 2.37. The second kappa shape index (κ2) is 5.60. The van der Waals surface area contributed by atoms with Gasteiger partial charge in [-0.2, -0.15) is 0 Å². The molecule has 0 saturated carbocycles. The Labute approximate surface area is 124 Å². The lowest BCUT2D eigenvalue weighted by Gasteiger charge is -2.38. The fourth-order valence-electron chi connectivity index (χ4n) is 2.23. The molecule has 1 aromatic rings. The fourth-order valence-corrected chi connectivity index (χ4v) is 2.23. The van der Waals surface area contributed by atoms with Crippen LogP contribution in [-0.2, 0) is 14.3 Å². The van der Waals surface area contributed by atoms with Gasteiger partial charge in [0, 0.05) is 5.56 Å². The number of ether oxygens (including phenoxy) is 2. The van der Waals surface area contributed by atoms with Crippen LogP contribution in [-0.4, -0.2) is 36.5 Å². The Kier molecular flexibility index (Phi) is 4.02. The molecule has 0 radical (unpaired) electrons. The monoisotopic (exact) mass is 289 g/mol. The summed E-state index contributed by atoms with van der Waals surface area (Å²) in [5, 5.41) is 0. The maximum atomic E-state index is 12.8. The summed E-state index contributed by atoms with van der Waals surface area (Å²) in [6.45, 7) is 5.17. The summed E-state index contributed by atoms with van der Waals surface area (Å²) in [5.41, 5.74) is 0.160. The first-order valence-corrected chi connectivity index (χ1v) is 6.67. The second-order valence-corrected chi connectivity index (χ2v) is 5.41. The first-order valence-electron chi connectivity index (χ1n) is 6.67. The lowest BCUT2D eigenvalue weighted by Crippen LogP contribution is -2.52. The van der Waals surface area contributed by atoms with Crippen molar-refractivity contribution in [3.8, 4) is 5.75 Å². The summed E-state index contributed by atoms with van der Waals surface area (Å²) >= 11 is 0. The molecule has 2 rings (SSSR count). The third-order valence-corrected chi connectivity index (χ3v) is 3.58. The quantitative estimate of drug-likeness (QED) is 0.798. The lowest BCUT2D eigenvalue weighted by molar-refractivity contribution is -0.143. The van der Waals surface area contributed by atoms with Crippen LogP contribution < -0.4 is 4.74 Å². The molecule has 0 bridgehead atoms. The SMILES string of the molecule is COc1ccccc1C1=C(C)OCN(C(C)(C)C=O)C1=O. The van der Waals surface area contributed by atoms with E-state index < -0.39 is 5.54 Å². The summed E-state index contributed by atoms with van der Waals surface area (Å²) < 4.78 is 10.9. The number of amides is 1. The van der Waals surface area contributed by atoms with Gasteiger partial charge in [-0.3, -0.25) is 9.69 Å². The topological polar surface area (TPSA) is 55.8 Å². The number of carbonyl (C=O) groups is 2. The standard InChI is InChI=1S/C16H19NO4/c1-11-14(12-7-5-6-8-13(12)20-4)15(19)17(10-21-11)16(2,3)9-18/h5-9H,10H2,1-4H3. The normalized spacial score (nSPS) is 15.8. The van der Waals surface area contributed by atoms with E-state index in [0.717, 1.165) is 6.29 Å². The van der Waals surface area contributed by atoms with Gasteiger partial charge in [0.15, 0.2) is 6.73 Å². The molecule has 5 heteroatoms. The first-order chi connectivity index (χ1) is 9.92. The number of allylic oxidation sites excluding steroid dienone is 1. The average Bonchev–Trinajstić information content (AvgIpc) is 2.47. The molecule has 5 nitrogen and oxygen atoms in total. The molecule has 1 aromatic carbocycles. The molecule has 0 N–H and O–H groups in total. The molecule has 1 amide bonds. The van der Waals surface area contributed by atoms with Crippen molar-refractivity contribution >= 4 is 17.8 Å². The lowest BCUT2D eigenvalue weighted by atomic mass is 9.97. The largest absolute Gasteiger partial charge is 0.496 e. The zero-order valence-electron chi connectivity index (χ0n) is 12.7. The minimum Gasteiger partial charge on any atom is -0.496 e. The van der Waals surface area contributed by atoms with Gasteiger partial charge in [0.1, 0.15) is 17.8 Å². The Hall–Kier alpha value is -2.30. The minimum absolute atomic E-state index is 0.0645. The molecule has 1 heterocycles. The van der Waals surface area contributed by atoms with E-state index in [-0.39, 0.29) is 12.6 Å². The van der Waals surface area contributed by atoms with Gasteiger partial charge in [0.05, 0.1) is 18.2 Å². The average molecular weight is 289 g/mol. The van der Waals surface area contributed by atoms with E-state index in [2.05, 4.69) is 0 Å². The minimum atomic E-state index is -0.926. The molecule has 21 heavy (non-hydrogen) atoms. The maximum absolute atomic E-state index is 12.8. The van der Waals surface area contributed by atoms with Crippen LogP contribution in [0, 0.1) is 0 Å².